The zero-order valence-corrected chi connectivity index (χ0v) is 11.3. The molecule has 0 bridgehead atoms. The third-order valence-corrected chi connectivity index (χ3v) is 2.90. The van der Waals surface area contributed by atoms with Gasteiger partial charge in [0.25, 0.3) is 5.69 Å². The number of nitrogens with one attached hydrogen (secondary N) is 1. The van der Waals surface area contributed by atoms with Gasteiger partial charge in [0.2, 0.25) is 5.91 Å². The Morgan fingerprint density at radius 2 is 1.90 bits per heavy atom. The summed E-state index contributed by atoms with van der Waals surface area (Å²) in [6, 6.07) is 10.0. The Morgan fingerprint density at radius 3 is 2.52 bits per heavy atom. The fourth-order valence-electron chi connectivity index (χ4n) is 1.89. The maximum absolute atomic E-state index is 12.8. The fourth-order valence-corrected chi connectivity index (χ4v) is 1.89. The molecule has 5 nitrogen and oxygen atoms in total. The summed E-state index contributed by atoms with van der Waals surface area (Å²) in [6.45, 7) is 1.78. The van der Waals surface area contributed by atoms with Crippen molar-refractivity contribution >= 4 is 17.3 Å². The lowest BCUT2D eigenvalue weighted by molar-refractivity contribution is -0.383. The molecule has 2 rings (SSSR count). The first-order valence-corrected chi connectivity index (χ1v) is 6.25. The molecule has 0 aromatic heterocycles. The molecule has 0 saturated heterocycles. The number of halogens is 1. The Hall–Kier alpha value is -2.76. The summed E-state index contributed by atoms with van der Waals surface area (Å²) in [7, 11) is 0. The van der Waals surface area contributed by atoms with Crippen LogP contribution in [-0.4, -0.2) is 10.8 Å². The van der Waals surface area contributed by atoms with Crippen LogP contribution in [0.3, 0.4) is 0 Å². The zero-order valence-electron chi connectivity index (χ0n) is 11.3. The van der Waals surface area contributed by atoms with Crippen LogP contribution in [0.1, 0.15) is 11.1 Å². The Kier molecular flexibility index (Phi) is 4.27. The van der Waals surface area contributed by atoms with Crippen LogP contribution in [0.5, 0.6) is 0 Å². The van der Waals surface area contributed by atoms with Crippen molar-refractivity contribution in [1.29, 1.82) is 0 Å². The number of carbonyl (C=O) groups is 1. The van der Waals surface area contributed by atoms with Crippen molar-refractivity contribution in [3.63, 3.8) is 0 Å². The Labute approximate surface area is 120 Å². The van der Waals surface area contributed by atoms with Gasteiger partial charge in [-0.3, -0.25) is 14.9 Å². The molecule has 0 unspecified atom stereocenters. The van der Waals surface area contributed by atoms with E-state index in [0.717, 1.165) is 5.56 Å². The van der Waals surface area contributed by atoms with E-state index in [-0.39, 0.29) is 23.6 Å². The number of benzene rings is 2. The summed E-state index contributed by atoms with van der Waals surface area (Å²) in [5, 5.41) is 13.4. The second-order valence-corrected chi connectivity index (χ2v) is 4.63. The first kappa shape index (κ1) is 14.6. The monoisotopic (exact) mass is 288 g/mol. The van der Waals surface area contributed by atoms with E-state index in [2.05, 4.69) is 5.32 Å². The molecule has 0 aliphatic carbocycles. The van der Waals surface area contributed by atoms with Crippen LogP contribution in [0.25, 0.3) is 0 Å². The maximum atomic E-state index is 12.8. The van der Waals surface area contributed by atoms with Gasteiger partial charge in [0.05, 0.1) is 11.3 Å². The van der Waals surface area contributed by atoms with Gasteiger partial charge in [-0.15, -0.1) is 0 Å². The van der Waals surface area contributed by atoms with Crippen molar-refractivity contribution in [2.75, 3.05) is 5.32 Å². The second-order valence-electron chi connectivity index (χ2n) is 4.63. The van der Waals surface area contributed by atoms with Crippen LogP contribution in [0.15, 0.2) is 42.5 Å². The Bertz CT molecular complexity index is 684. The molecule has 0 heterocycles. The minimum atomic E-state index is -0.549. The standard InChI is InChI=1S/C15H13FN2O3/c1-10-2-7-14(18(20)21)13(8-10)17-15(19)9-11-3-5-12(16)6-4-11/h2-8H,9H2,1H3,(H,17,19). The summed E-state index contributed by atoms with van der Waals surface area (Å²) in [5.74, 6) is -0.774. The summed E-state index contributed by atoms with van der Waals surface area (Å²) >= 11 is 0. The van der Waals surface area contributed by atoms with Crippen molar-refractivity contribution in [2.24, 2.45) is 0 Å². The van der Waals surface area contributed by atoms with Crippen LogP contribution in [0.2, 0.25) is 0 Å². The zero-order chi connectivity index (χ0) is 15.4. The molecule has 0 saturated carbocycles. The summed E-state index contributed by atoms with van der Waals surface area (Å²) in [6.07, 6.45) is 0.0192. The van der Waals surface area contributed by atoms with Crippen molar-refractivity contribution in [2.45, 2.75) is 13.3 Å². The molecular formula is C15H13FN2O3. The van der Waals surface area contributed by atoms with Crippen LogP contribution in [0.4, 0.5) is 15.8 Å². The highest BCUT2D eigenvalue weighted by Gasteiger charge is 2.15. The maximum Gasteiger partial charge on any atom is 0.292 e. The van der Waals surface area contributed by atoms with Gasteiger partial charge in [-0.2, -0.15) is 0 Å². The molecule has 0 aliphatic heterocycles. The molecule has 0 radical (unpaired) electrons. The van der Waals surface area contributed by atoms with Crippen molar-refractivity contribution in [1.82, 2.24) is 0 Å². The molecule has 1 N–H and O–H groups in total. The van der Waals surface area contributed by atoms with E-state index in [1.54, 1.807) is 19.1 Å². The minimum absolute atomic E-state index is 0.0192. The predicted octanol–water partition coefficient (Wildman–Crippen LogP) is 3.22. The van der Waals surface area contributed by atoms with Crippen LogP contribution < -0.4 is 5.32 Å². The van der Waals surface area contributed by atoms with E-state index in [0.29, 0.717) is 5.56 Å². The molecule has 21 heavy (non-hydrogen) atoms. The summed E-state index contributed by atoms with van der Waals surface area (Å²) in [5.41, 5.74) is 1.43. The predicted molar refractivity (Wildman–Crippen MR) is 76.6 cm³/mol. The van der Waals surface area contributed by atoms with E-state index in [1.165, 1.54) is 30.3 Å². The molecule has 2 aromatic rings. The first-order chi connectivity index (χ1) is 9.95. The molecule has 1 amide bonds. The average Bonchev–Trinajstić information content (AvgIpc) is 2.41. The summed E-state index contributed by atoms with van der Waals surface area (Å²) < 4.78 is 12.8. The second kappa shape index (κ2) is 6.13. The molecule has 0 aliphatic rings. The van der Waals surface area contributed by atoms with E-state index in [4.69, 9.17) is 0 Å². The molecule has 0 atom stereocenters. The lowest BCUT2D eigenvalue weighted by Crippen LogP contribution is -2.15. The normalized spacial score (nSPS) is 10.2. The number of amides is 1. The van der Waals surface area contributed by atoms with Gasteiger partial charge in [0.15, 0.2) is 0 Å². The number of hydrogen-bond acceptors (Lipinski definition) is 3. The number of nitro groups is 1. The highest BCUT2D eigenvalue weighted by molar-refractivity contribution is 5.94. The number of nitro benzene ring substituents is 1. The van der Waals surface area contributed by atoms with Crippen molar-refractivity contribution in [3.05, 3.63) is 69.5 Å². The van der Waals surface area contributed by atoms with E-state index in [1.807, 2.05) is 0 Å². The van der Waals surface area contributed by atoms with Crippen LogP contribution in [-0.2, 0) is 11.2 Å². The molecular weight excluding hydrogens is 275 g/mol. The Balaban J connectivity index is 2.14. The smallest absolute Gasteiger partial charge is 0.292 e. The molecule has 6 heteroatoms. The number of aryl methyl sites for hydroxylation is 1. The number of anilines is 1. The van der Waals surface area contributed by atoms with Crippen molar-refractivity contribution in [3.8, 4) is 0 Å². The Morgan fingerprint density at radius 1 is 1.24 bits per heavy atom. The van der Waals surface area contributed by atoms with Gasteiger partial charge < -0.3 is 5.32 Å². The lowest BCUT2D eigenvalue weighted by atomic mass is 10.1. The highest BCUT2D eigenvalue weighted by atomic mass is 19.1. The molecule has 0 fully saturated rings. The molecule has 0 spiro atoms. The van der Waals surface area contributed by atoms with Gasteiger partial charge in [0, 0.05) is 6.07 Å². The largest absolute Gasteiger partial charge is 0.320 e. The number of rotatable bonds is 4. The number of nitrogens with zero attached hydrogens (tertiary/aromatic N) is 1. The molecule has 108 valence electrons. The minimum Gasteiger partial charge on any atom is -0.320 e. The van der Waals surface area contributed by atoms with Gasteiger partial charge in [-0.05, 0) is 36.2 Å². The highest BCUT2D eigenvalue weighted by Crippen LogP contribution is 2.25. The number of hydrogen-bond donors (Lipinski definition) is 1. The lowest BCUT2D eigenvalue weighted by Gasteiger charge is -2.07. The van der Waals surface area contributed by atoms with Crippen LogP contribution in [0, 0.1) is 22.9 Å². The average molecular weight is 288 g/mol. The van der Waals surface area contributed by atoms with Gasteiger partial charge in [-0.1, -0.05) is 18.2 Å². The molecule has 2 aromatic carbocycles. The van der Waals surface area contributed by atoms with E-state index < -0.39 is 10.8 Å². The van der Waals surface area contributed by atoms with E-state index in [9.17, 15) is 19.3 Å². The summed E-state index contributed by atoms with van der Waals surface area (Å²) in [4.78, 5) is 22.3. The topological polar surface area (TPSA) is 72.2 Å². The van der Waals surface area contributed by atoms with Gasteiger partial charge in [0.1, 0.15) is 11.5 Å². The number of carbonyl (C=O) groups excluding carboxylic acids is 1. The SMILES string of the molecule is Cc1ccc([N+](=O)[O-])c(NC(=O)Cc2ccc(F)cc2)c1. The first-order valence-electron chi connectivity index (χ1n) is 6.25. The van der Waals surface area contributed by atoms with Crippen LogP contribution >= 0.6 is 0 Å². The third kappa shape index (κ3) is 3.85. The van der Waals surface area contributed by atoms with E-state index >= 15 is 0 Å². The third-order valence-electron chi connectivity index (χ3n) is 2.90. The van der Waals surface area contributed by atoms with Crippen molar-refractivity contribution < 1.29 is 14.1 Å². The fraction of sp³-hybridized carbons (Fsp3) is 0.133. The van der Waals surface area contributed by atoms with Gasteiger partial charge in [-0.25, -0.2) is 4.39 Å². The van der Waals surface area contributed by atoms with Gasteiger partial charge >= 0.3 is 0 Å². The quantitative estimate of drug-likeness (QED) is 0.693.